The van der Waals surface area contributed by atoms with Gasteiger partial charge in [-0.3, -0.25) is 0 Å². The highest BCUT2D eigenvalue weighted by Crippen LogP contribution is 2.33. The average molecular weight is 290 g/mol. The van der Waals surface area contributed by atoms with E-state index in [2.05, 4.69) is 0 Å². The van der Waals surface area contributed by atoms with E-state index in [-0.39, 0.29) is 17.7 Å². The van der Waals surface area contributed by atoms with Crippen LogP contribution in [0, 0.1) is 18.6 Å². The van der Waals surface area contributed by atoms with E-state index in [1.54, 1.807) is 25.1 Å². The van der Waals surface area contributed by atoms with Crippen LogP contribution in [0.4, 0.5) is 20.2 Å². The molecule has 0 saturated carbocycles. The molecule has 0 aliphatic carbocycles. The second-order valence-electron chi connectivity index (χ2n) is 5.17. The van der Waals surface area contributed by atoms with Gasteiger partial charge < -0.3 is 10.6 Å². The second-order valence-corrected chi connectivity index (χ2v) is 5.17. The SMILES string of the molecule is CCN(c1ccc(F)cc1)c1cc(C)c(F)cc1[C@H](C)N. The van der Waals surface area contributed by atoms with Crippen LogP contribution in [0.1, 0.15) is 31.0 Å². The molecule has 0 heterocycles. The molecule has 2 nitrogen and oxygen atoms in total. The van der Waals surface area contributed by atoms with E-state index in [9.17, 15) is 8.78 Å². The van der Waals surface area contributed by atoms with E-state index in [0.717, 1.165) is 16.9 Å². The topological polar surface area (TPSA) is 29.3 Å². The van der Waals surface area contributed by atoms with Gasteiger partial charge in [0.2, 0.25) is 0 Å². The lowest BCUT2D eigenvalue weighted by Crippen LogP contribution is -2.20. The Bertz CT molecular complexity index is 621. The molecule has 1 atom stereocenters. The van der Waals surface area contributed by atoms with Gasteiger partial charge in [-0.2, -0.15) is 0 Å². The summed E-state index contributed by atoms with van der Waals surface area (Å²) in [5.41, 5.74) is 8.99. The van der Waals surface area contributed by atoms with Gasteiger partial charge in [-0.1, -0.05) is 0 Å². The van der Waals surface area contributed by atoms with E-state index in [0.29, 0.717) is 12.1 Å². The molecule has 0 aliphatic rings. The number of rotatable bonds is 4. The fraction of sp³-hybridized carbons (Fsp3) is 0.294. The predicted octanol–water partition coefficient (Wildman–Crippen LogP) is 4.45. The summed E-state index contributed by atoms with van der Waals surface area (Å²) in [7, 11) is 0. The number of nitrogens with two attached hydrogens (primary N) is 1. The molecule has 4 heteroatoms. The van der Waals surface area contributed by atoms with Gasteiger partial charge in [0.25, 0.3) is 0 Å². The molecule has 0 unspecified atom stereocenters. The summed E-state index contributed by atoms with van der Waals surface area (Å²) in [6.07, 6.45) is 0. The maximum atomic E-state index is 13.8. The van der Waals surface area contributed by atoms with Crippen LogP contribution in [0.25, 0.3) is 0 Å². The van der Waals surface area contributed by atoms with Crippen LogP contribution in [0.15, 0.2) is 36.4 Å². The fourth-order valence-electron chi connectivity index (χ4n) is 2.39. The van der Waals surface area contributed by atoms with Crippen LogP contribution in [0.2, 0.25) is 0 Å². The van der Waals surface area contributed by atoms with Gasteiger partial charge >= 0.3 is 0 Å². The fourth-order valence-corrected chi connectivity index (χ4v) is 2.39. The molecular formula is C17H20F2N2. The minimum absolute atomic E-state index is 0.263. The van der Waals surface area contributed by atoms with E-state index < -0.39 is 0 Å². The van der Waals surface area contributed by atoms with Crippen LogP contribution < -0.4 is 10.6 Å². The highest BCUT2D eigenvalue weighted by molar-refractivity contribution is 5.68. The lowest BCUT2D eigenvalue weighted by Gasteiger charge is -2.27. The van der Waals surface area contributed by atoms with Crippen LogP contribution in [0.5, 0.6) is 0 Å². The monoisotopic (exact) mass is 290 g/mol. The zero-order chi connectivity index (χ0) is 15.6. The van der Waals surface area contributed by atoms with Gasteiger partial charge in [0.1, 0.15) is 11.6 Å². The summed E-state index contributed by atoms with van der Waals surface area (Å²) in [4.78, 5) is 2.00. The Hall–Kier alpha value is -1.94. The quantitative estimate of drug-likeness (QED) is 0.901. The first-order chi connectivity index (χ1) is 9.93. The Morgan fingerprint density at radius 3 is 2.29 bits per heavy atom. The van der Waals surface area contributed by atoms with E-state index in [4.69, 9.17) is 5.73 Å². The summed E-state index contributed by atoms with van der Waals surface area (Å²) >= 11 is 0. The minimum atomic E-state index is -0.287. The number of hydrogen-bond acceptors (Lipinski definition) is 2. The standard InChI is InChI=1S/C17H20F2N2/c1-4-21(14-7-5-13(18)6-8-14)17-9-11(2)16(19)10-15(17)12(3)20/h5-10,12H,4,20H2,1-3H3/t12-/m0/s1. The van der Waals surface area contributed by atoms with Crippen molar-refractivity contribution in [2.45, 2.75) is 26.8 Å². The Morgan fingerprint density at radius 2 is 1.76 bits per heavy atom. The van der Waals surface area contributed by atoms with Gasteiger partial charge in [-0.15, -0.1) is 0 Å². The maximum absolute atomic E-state index is 13.8. The average Bonchev–Trinajstić information content (AvgIpc) is 2.45. The summed E-state index contributed by atoms with van der Waals surface area (Å²) in [6, 6.07) is 9.25. The number of halogens is 2. The summed E-state index contributed by atoms with van der Waals surface area (Å²) in [6.45, 7) is 6.22. The highest BCUT2D eigenvalue weighted by atomic mass is 19.1. The molecule has 0 fully saturated rings. The first-order valence-corrected chi connectivity index (χ1v) is 7.02. The number of nitrogens with zero attached hydrogens (tertiary/aromatic N) is 1. The van der Waals surface area contributed by atoms with Gasteiger partial charge in [0.05, 0.1) is 0 Å². The van der Waals surface area contributed by atoms with Crippen LogP contribution >= 0.6 is 0 Å². The van der Waals surface area contributed by atoms with Gasteiger partial charge in [0.15, 0.2) is 0 Å². The molecule has 0 saturated heterocycles. The highest BCUT2D eigenvalue weighted by Gasteiger charge is 2.17. The summed E-state index contributed by atoms with van der Waals surface area (Å²) in [5.74, 6) is -0.543. The largest absolute Gasteiger partial charge is 0.341 e. The molecule has 112 valence electrons. The maximum Gasteiger partial charge on any atom is 0.126 e. The zero-order valence-corrected chi connectivity index (χ0v) is 12.5. The van der Waals surface area contributed by atoms with Crippen LogP contribution in [-0.2, 0) is 0 Å². The van der Waals surface area contributed by atoms with Crippen LogP contribution in [-0.4, -0.2) is 6.54 Å². The van der Waals surface area contributed by atoms with Crippen molar-refractivity contribution >= 4 is 11.4 Å². The third kappa shape index (κ3) is 3.22. The van der Waals surface area contributed by atoms with E-state index in [1.165, 1.54) is 18.2 Å². The summed E-state index contributed by atoms with van der Waals surface area (Å²) in [5, 5.41) is 0. The molecule has 0 aromatic heterocycles. The number of anilines is 2. The number of benzene rings is 2. The third-order valence-corrected chi connectivity index (χ3v) is 3.54. The molecule has 0 radical (unpaired) electrons. The molecule has 21 heavy (non-hydrogen) atoms. The Kier molecular flexibility index (Phi) is 4.58. The first-order valence-electron chi connectivity index (χ1n) is 7.02. The first kappa shape index (κ1) is 15.4. The summed E-state index contributed by atoms with van der Waals surface area (Å²) < 4.78 is 26.9. The lowest BCUT2D eigenvalue weighted by molar-refractivity contribution is 0.613. The normalized spacial score (nSPS) is 12.3. The Morgan fingerprint density at radius 1 is 1.14 bits per heavy atom. The molecule has 2 rings (SSSR count). The molecule has 2 aromatic rings. The second kappa shape index (κ2) is 6.22. The molecule has 0 bridgehead atoms. The van der Waals surface area contributed by atoms with Gasteiger partial charge in [0, 0.05) is 24.0 Å². The van der Waals surface area contributed by atoms with Crippen molar-refractivity contribution in [2.24, 2.45) is 5.73 Å². The molecule has 0 spiro atoms. The molecule has 0 amide bonds. The van der Waals surface area contributed by atoms with Crippen molar-refractivity contribution in [3.63, 3.8) is 0 Å². The van der Waals surface area contributed by atoms with E-state index >= 15 is 0 Å². The van der Waals surface area contributed by atoms with Crippen molar-refractivity contribution in [1.82, 2.24) is 0 Å². The molecular weight excluding hydrogens is 270 g/mol. The zero-order valence-electron chi connectivity index (χ0n) is 12.5. The van der Waals surface area contributed by atoms with Crippen molar-refractivity contribution < 1.29 is 8.78 Å². The predicted molar refractivity (Wildman–Crippen MR) is 82.8 cm³/mol. The number of aryl methyl sites for hydroxylation is 1. The van der Waals surface area contributed by atoms with Crippen molar-refractivity contribution in [3.8, 4) is 0 Å². The number of hydrogen-bond donors (Lipinski definition) is 1. The van der Waals surface area contributed by atoms with Crippen molar-refractivity contribution in [3.05, 3.63) is 59.2 Å². The van der Waals surface area contributed by atoms with E-state index in [1.807, 2.05) is 18.7 Å². The van der Waals surface area contributed by atoms with Crippen molar-refractivity contribution in [2.75, 3.05) is 11.4 Å². The lowest BCUT2D eigenvalue weighted by atomic mass is 10.0. The Labute approximate surface area is 124 Å². The Balaban J connectivity index is 2.56. The third-order valence-electron chi connectivity index (χ3n) is 3.54. The van der Waals surface area contributed by atoms with Crippen molar-refractivity contribution in [1.29, 1.82) is 0 Å². The molecule has 2 aromatic carbocycles. The molecule has 0 aliphatic heterocycles. The smallest absolute Gasteiger partial charge is 0.126 e. The minimum Gasteiger partial charge on any atom is -0.341 e. The van der Waals surface area contributed by atoms with Gasteiger partial charge in [-0.05, 0) is 68.3 Å². The van der Waals surface area contributed by atoms with Gasteiger partial charge in [-0.25, -0.2) is 8.78 Å². The van der Waals surface area contributed by atoms with Crippen LogP contribution in [0.3, 0.4) is 0 Å². The molecule has 2 N–H and O–H groups in total.